The van der Waals surface area contributed by atoms with Crippen LogP contribution in [0.3, 0.4) is 0 Å². The van der Waals surface area contributed by atoms with Gasteiger partial charge in [0.2, 0.25) is 0 Å². The van der Waals surface area contributed by atoms with E-state index >= 15 is 0 Å². The maximum Gasteiger partial charge on any atom is 0.0206 e. The van der Waals surface area contributed by atoms with Crippen LogP contribution in [0.25, 0.3) is 10.8 Å². The molecule has 0 bridgehead atoms. The van der Waals surface area contributed by atoms with Crippen molar-refractivity contribution in [1.29, 1.82) is 0 Å². The number of nitrogens with one attached hydrogen (secondary N) is 1. The molecule has 3 nitrogen and oxygen atoms in total. The molecule has 2 aromatic carbocycles. The molecular formula is C15H21N3. The molecule has 2 aromatic rings. The van der Waals surface area contributed by atoms with E-state index in [2.05, 4.69) is 47.8 Å². The molecule has 0 aliphatic carbocycles. The molecule has 5 N–H and O–H groups in total. The fourth-order valence-electron chi connectivity index (χ4n) is 2.13. The minimum Gasteiger partial charge on any atom is -0.329 e. The van der Waals surface area contributed by atoms with Crippen molar-refractivity contribution in [3.63, 3.8) is 0 Å². The summed E-state index contributed by atoms with van der Waals surface area (Å²) in [5.41, 5.74) is 12.8. The number of nitrogens with two attached hydrogens (primary N) is 2. The zero-order valence-electron chi connectivity index (χ0n) is 10.6. The predicted molar refractivity (Wildman–Crippen MR) is 77.6 cm³/mol. The third-order valence-electron chi connectivity index (χ3n) is 3.04. The van der Waals surface area contributed by atoms with E-state index in [1.54, 1.807) is 0 Å². The first-order valence-corrected chi connectivity index (χ1v) is 6.43. The second kappa shape index (κ2) is 6.50. The van der Waals surface area contributed by atoms with Gasteiger partial charge in [0.15, 0.2) is 0 Å². The Balaban J connectivity index is 1.98. The fourth-order valence-corrected chi connectivity index (χ4v) is 2.13. The smallest absolute Gasteiger partial charge is 0.0206 e. The van der Waals surface area contributed by atoms with Gasteiger partial charge in [-0.25, -0.2) is 0 Å². The van der Waals surface area contributed by atoms with Gasteiger partial charge in [0.25, 0.3) is 0 Å². The van der Waals surface area contributed by atoms with Gasteiger partial charge in [-0.2, -0.15) is 0 Å². The monoisotopic (exact) mass is 243 g/mol. The molecule has 0 heterocycles. The molecule has 0 aromatic heterocycles. The Morgan fingerprint density at radius 2 is 1.83 bits per heavy atom. The molecule has 96 valence electrons. The average molecular weight is 243 g/mol. The quantitative estimate of drug-likeness (QED) is 0.669. The molecule has 18 heavy (non-hydrogen) atoms. The van der Waals surface area contributed by atoms with Gasteiger partial charge in [-0.15, -0.1) is 0 Å². The van der Waals surface area contributed by atoms with Gasteiger partial charge in [0.05, 0.1) is 0 Å². The average Bonchev–Trinajstić information content (AvgIpc) is 2.39. The van der Waals surface area contributed by atoms with Gasteiger partial charge in [-0.1, -0.05) is 42.5 Å². The van der Waals surface area contributed by atoms with E-state index in [9.17, 15) is 0 Å². The van der Waals surface area contributed by atoms with Gasteiger partial charge in [-0.05, 0) is 22.8 Å². The van der Waals surface area contributed by atoms with Gasteiger partial charge in [0.1, 0.15) is 0 Å². The van der Waals surface area contributed by atoms with Crippen LogP contribution in [-0.2, 0) is 6.42 Å². The highest BCUT2D eigenvalue weighted by molar-refractivity contribution is 5.82. The molecule has 1 unspecified atom stereocenters. The molecule has 1 atom stereocenters. The number of hydrogen-bond donors (Lipinski definition) is 3. The topological polar surface area (TPSA) is 64.1 Å². The summed E-state index contributed by atoms with van der Waals surface area (Å²) in [6.07, 6.45) is 0.891. The lowest BCUT2D eigenvalue weighted by Gasteiger charge is -2.13. The number of benzene rings is 2. The highest BCUT2D eigenvalue weighted by Crippen LogP contribution is 2.16. The largest absolute Gasteiger partial charge is 0.329 e. The summed E-state index contributed by atoms with van der Waals surface area (Å²) in [6.45, 7) is 2.29. The van der Waals surface area contributed by atoms with E-state index in [1.165, 1.54) is 16.3 Å². The maximum absolute atomic E-state index is 6.09. The van der Waals surface area contributed by atoms with Crippen LogP contribution >= 0.6 is 0 Å². The van der Waals surface area contributed by atoms with Crippen LogP contribution in [0, 0.1) is 0 Å². The van der Waals surface area contributed by atoms with Gasteiger partial charge in [-0.3, -0.25) is 0 Å². The molecule has 0 spiro atoms. The van der Waals surface area contributed by atoms with E-state index in [4.69, 9.17) is 11.5 Å². The van der Waals surface area contributed by atoms with Crippen LogP contribution in [-0.4, -0.2) is 25.7 Å². The second-order valence-electron chi connectivity index (χ2n) is 4.64. The van der Waals surface area contributed by atoms with E-state index in [0.717, 1.165) is 19.5 Å². The Labute approximate surface area is 108 Å². The van der Waals surface area contributed by atoms with Crippen molar-refractivity contribution in [2.75, 3.05) is 19.6 Å². The van der Waals surface area contributed by atoms with Crippen molar-refractivity contribution in [2.45, 2.75) is 12.5 Å². The summed E-state index contributed by atoms with van der Waals surface area (Å²) in [5, 5.41) is 5.79. The number of fused-ring (bicyclic) bond motifs is 1. The maximum atomic E-state index is 6.09. The highest BCUT2D eigenvalue weighted by atomic mass is 14.9. The molecule has 2 rings (SSSR count). The lowest BCUT2D eigenvalue weighted by Crippen LogP contribution is -2.37. The van der Waals surface area contributed by atoms with Crippen LogP contribution in [0.1, 0.15) is 5.56 Å². The Morgan fingerprint density at radius 1 is 1.06 bits per heavy atom. The summed E-state index contributed by atoms with van der Waals surface area (Å²) in [7, 11) is 0. The lowest BCUT2D eigenvalue weighted by molar-refractivity contribution is 0.578. The zero-order chi connectivity index (χ0) is 12.8. The fraction of sp³-hybridized carbons (Fsp3) is 0.333. The van der Waals surface area contributed by atoms with Crippen molar-refractivity contribution in [3.8, 4) is 0 Å². The summed E-state index contributed by atoms with van der Waals surface area (Å²) >= 11 is 0. The van der Waals surface area contributed by atoms with Gasteiger partial charge < -0.3 is 16.8 Å². The summed E-state index contributed by atoms with van der Waals surface area (Å²) in [5.74, 6) is 0. The van der Waals surface area contributed by atoms with Crippen LogP contribution in [0.4, 0.5) is 0 Å². The Kier molecular flexibility index (Phi) is 4.70. The second-order valence-corrected chi connectivity index (χ2v) is 4.64. The molecule has 0 saturated heterocycles. The summed E-state index contributed by atoms with van der Waals surface area (Å²) < 4.78 is 0. The van der Waals surface area contributed by atoms with Gasteiger partial charge >= 0.3 is 0 Å². The SMILES string of the molecule is NCCNCC(N)Cc1ccc2ccccc2c1. The number of hydrogen-bond acceptors (Lipinski definition) is 3. The number of rotatable bonds is 6. The molecule has 0 radical (unpaired) electrons. The van der Waals surface area contributed by atoms with Crippen molar-refractivity contribution >= 4 is 10.8 Å². The zero-order valence-corrected chi connectivity index (χ0v) is 10.6. The summed E-state index contributed by atoms with van der Waals surface area (Å²) in [4.78, 5) is 0. The first-order chi connectivity index (χ1) is 8.79. The lowest BCUT2D eigenvalue weighted by atomic mass is 10.0. The van der Waals surface area contributed by atoms with Crippen LogP contribution in [0.2, 0.25) is 0 Å². The first-order valence-electron chi connectivity index (χ1n) is 6.43. The molecule has 0 aliphatic heterocycles. The molecule has 0 saturated carbocycles. The minimum atomic E-state index is 0.137. The van der Waals surface area contributed by atoms with Crippen LogP contribution in [0.15, 0.2) is 42.5 Å². The van der Waals surface area contributed by atoms with E-state index in [-0.39, 0.29) is 6.04 Å². The van der Waals surface area contributed by atoms with Crippen molar-refractivity contribution < 1.29 is 0 Å². The molecule has 0 amide bonds. The Bertz CT molecular complexity index is 496. The molecular weight excluding hydrogens is 222 g/mol. The van der Waals surface area contributed by atoms with E-state index < -0.39 is 0 Å². The molecule has 0 aliphatic rings. The third-order valence-corrected chi connectivity index (χ3v) is 3.04. The third kappa shape index (κ3) is 3.53. The van der Waals surface area contributed by atoms with E-state index in [0.29, 0.717) is 6.54 Å². The normalized spacial score (nSPS) is 12.8. The Hall–Kier alpha value is -1.42. The van der Waals surface area contributed by atoms with Crippen molar-refractivity contribution in [1.82, 2.24) is 5.32 Å². The van der Waals surface area contributed by atoms with Crippen LogP contribution < -0.4 is 16.8 Å². The van der Waals surface area contributed by atoms with Crippen molar-refractivity contribution in [3.05, 3.63) is 48.0 Å². The van der Waals surface area contributed by atoms with Crippen molar-refractivity contribution in [2.24, 2.45) is 11.5 Å². The molecule has 0 fully saturated rings. The van der Waals surface area contributed by atoms with E-state index in [1.807, 2.05) is 0 Å². The minimum absolute atomic E-state index is 0.137. The highest BCUT2D eigenvalue weighted by Gasteiger charge is 2.04. The molecule has 3 heteroatoms. The summed E-state index contributed by atoms with van der Waals surface area (Å²) in [6, 6.07) is 15.1. The predicted octanol–water partition coefficient (Wildman–Crippen LogP) is 1.26. The van der Waals surface area contributed by atoms with Gasteiger partial charge in [0, 0.05) is 25.7 Å². The standard InChI is InChI=1S/C15H21N3/c16-7-8-18-11-15(17)10-12-5-6-13-3-1-2-4-14(13)9-12/h1-6,9,15,18H,7-8,10-11,16-17H2. The van der Waals surface area contributed by atoms with Crippen LogP contribution in [0.5, 0.6) is 0 Å². The Morgan fingerprint density at radius 3 is 2.61 bits per heavy atom. The first kappa shape index (κ1) is 13.0.